The molecule has 288 valence electrons. The van der Waals surface area contributed by atoms with Gasteiger partial charge < -0.3 is 24.0 Å². The number of carbonyl (C=O) groups is 1. The molecule has 3 atom stereocenters. The minimum absolute atomic E-state index is 0.0125. The molecule has 0 bridgehead atoms. The third-order valence-electron chi connectivity index (χ3n) is 10.0. The molecule has 0 spiro atoms. The number of hydrogen-bond donors (Lipinski definition) is 0. The van der Waals surface area contributed by atoms with Crippen molar-refractivity contribution >= 4 is 17.2 Å². The van der Waals surface area contributed by atoms with Crippen LogP contribution >= 0.6 is 0 Å². The molecular formula is C40H37F3N8O5. The number of hydrogen-bond acceptors (Lipinski definition) is 10. The number of carbonyl (C=O) groups excluding carboxylic acids is 1. The highest BCUT2D eigenvalue weighted by Gasteiger charge is 2.46. The number of benzene rings is 4. The Labute approximate surface area is 319 Å². The number of piperazine rings is 1. The highest BCUT2D eigenvalue weighted by molar-refractivity contribution is 5.98. The maximum Gasteiger partial charge on any atom is 0.351 e. The number of halogens is 3. The number of nitrogens with zero attached hydrogens (tertiary/aromatic N) is 8. The number of ether oxygens (including phenoxy) is 3. The summed E-state index contributed by atoms with van der Waals surface area (Å²) in [5, 5.41) is 8.28. The summed E-state index contributed by atoms with van der Waals surface area (Å²) in [5.74, 6) is -3.17. The molecule has 0 amide bonds. The molecule has 2 fully saturated rings. The molecule has 0 N–H and O–H groups in total. The molecule has 4 aromatic carbocycles. The van der Waals surface area contributed by atoms with Crippen molar-refractivity contribution in [2.75, 3.05) is 49.2 Å². The van der Waals surface area contributed by atoms with Crippen LogP contribution in [0, 0.1) is 17.5 Å². The molecule has 6 aromatic rings. The summed E-state index contributed by atoms with van der Waals surface area (Å²) < 4.78 is 64.2. The van der Waals surface area contributed by atoms with Gasteiger partial charge in [0.2, 0.25) is 5.79 Å². The highest BCUT2D eigenvalue weighted by atomic mass is 19.1. The van der Waals surface area contributed by atoms with Gasteiger partial charge in [0, 0.05) is 54.7 Å². The van der Waals surface area contributed by atoms with Crippen molar-refractivity contribution in [3.8, 4) is 11.4 Å². The summed E-state index contributed by atoms with van der Waals surface area (Å²) in [5.41, 5.74) is 2.59. The Kier molecular flexibility index (Phi) is 10.1. The van der Waals surface area contributed by atoms with Gasteiger partial charge in [0.15, 0.2) is 5.78 Å². The summed E-state index contributed by atoms with van der Waals surface area (Å²) >= 11 is 0. The summed E-state index contributed by atoms with van der Waals surface area (Å²) in [4.78, 5) is 34.6. The lowest BCUT2D eigenvalue weighted by molar-refractivity contribution is -0.192. The summed E-state index contributed by atoms with van der Waals surface area (Å²) in [7, 11) is 0. The topological polar surface area (TPSA) is 122 Å². The predicted molar refractivity (Wildman–Crippen MR) is 199 cm³/mol. The molecule has 2 aliphatic rings. The van der Waals surface area contributed by atoms with Crippen molar-refractivity contribution < 1.29 is 32.2 Å². The maximum absolute atomic E-state index is 14.9. The number of ketones is 1. The fraction of sp³-hybridized carbons (Fsp3) is 0.275. The van der Waals surface area contributed by atoms with Crippen molar-refractivity contribution in [1.82, 2.24) is 29.1 Å². The van der Waals surface area contributed by atoms with Crippen LogP contribution in [0.3, 0.4) is 0 Å². The van der Waals surface area contributed by atoms with E-state index in [4.69, 9.17) is 14.2 Å². The van der Waals surface area contributed by atoms with E-state index >= 15 is 0 Å². The van der Waals surface area contributed by atoms with Crippen LogP contribution in [-0.2, 0) is 21.8 Å². The van der Waals surface area contributed by atoms with Gasteiger partial charge in [-0.1, -0.05) is 0 Å². The van der Waals surface area contributed by atoms with Crippen LogP contribution in [0.5, 0.6) is 5.75 Å². The molecule has 0 aliphatic carbocycles. The normalized spacial score (nSPS) is 19.0. The number of Topliss-reactive ketones (excluding diaryl/α,β-unsaturated/α-hetero) is 1. The van der Waals surface area contributed by atoms with Crippen molar-refractivity contribution in [2.45, 2.75) is 31.4 Å². The van der Waals surface area contributed by atoms with Crippen LogP contribution in [-0.4, -0.2) is 80.4 Å². The summed E-state index contributed by atoms with van der Waals surface area (Å²) in [6.45, 7) is 5.01. The average Bonchev–Trinajstić information content (AvgIpc) is 3.98. The van der Waals surface area contributed by atoms with E-state index < -0.39 is 41.1 Å². The van der Waals surface area contributed by atoms with Gasteiger partial charge in [0.05, 0.1) is 12.3 Å². The zero-order valence-electron chi connectivity index (χ0n) is 30.2. The van der Waals surface area contributed by atoms with E-state index in [1.54, 1.807) is 6.92 Å². The summed E-state index contributed by atoms with van der Waals surface area (Å²) in [6.07, 6.45) is 3.68. The third kappa shape index (κ3) is 7.52. The smallest absolute Gasteiger partial charge is 0.351 e. The largest absolute Gasteiger partial charge is 0.491 e. The Morgan fingerprint density at radius 1 is 0.839 bits per heavy atom. The molecule has 8 rings (SSSR count). The van der Waals surface area contributed by atoms with Crippen molar-refractivity contribution in [3.63, 3.8) is 0 Å². The molecule has 13 nitrogen and oxygen atoms in total. The zero-order chi connectivity index (χ0) is 38.8. The van der Waals surface area contributed by atoms with Crippen molar-refractivity contribution in [1.29, 1.82) is 0 Å². The van der Waals surface area contributed by atoms with Crippen molar-refractivity contribution in [2.24, 2.45) is 0 Å². The maximum atomic E-state index is 14.9. The van der Waals surface area contributed by atoms with Gasteiger partial charge in [-0.25, -0.2) is 36.9 Å². The van der Waals surface area contributed by atoms with Gasteiger partial charge in [-0.2, -0.15) is 10.2 Å². The molecule has 2 aromatic heterocycles. The van der Waals surface area contributed by atoms with Gasteiger partial charge in [0.1, 0.15) is 67.5 Å². The van der Waals surface area contributed by atoms with E-state index in [2.05, 4.69) is 25.0 Å². The number of aromatic nitrogens is 6. The first kappa shape index (κ1) is 36.7. The predicted octanol–water partition coefficient (Wildman–Crippen LogP) is 5.16. The molecule has 56 heavy (non-hydrogen) atoms. The molecule has 1 unspecified atom stereocenters. The van der Waals surface area contributed by atoms with Crippen LogP contribution in [0.4, 0.5) is 24.5 Å². The average molecular weight is 767 g/mol. The van der Waals surface area contributed by atoms with Gasteiger partial charge in [-0.05, 0) is 91.9 Å². The molecular weight excluding hydrogens is 729 g/mol. The third-order valence-corrected chi connectivity index (χ3v) is 10.0. The number of anilines is 2. The molecule has 2 saturated heterocycles. The molecule has 4 heterocycles. The molecule has 0 saturated carbocycles. The van der Waals surface area contributed by atoms with Crippen LogP contribution in [0.15, 0.2) is 115 Å². The second kappa shape index (κ2) is 15.5. The van der Waals surface area contributed by atoms with E-state index in [0.717, 1.165) is 54.4 Å². The van der Waals surface area contributed by atoms with Crippen molar-refractivity contribution in [3.05, 3.63) is 149 Å². The van der Waals surface area contributed by atoms with E-state index in [0.29, 0.717) is 17.0 Å². The van der Waals surface area contributed by atoms with Crippen LogP contribution in [0.25, 0.3) is 5.69 Å². The molecule has 0 radical (unpaired) electrons. The quantitative estimate of drug-likeness (QED) is 0.155. The second-order valence-corrected chi connectivity index (χ2v) is 13.6. The Morgan fingerprint density at radius 2 is 1.48 bits per heavy atom. The zero-order valence-corrected chi connectivity index (χ0v) is 30.2. The molecule has 2 aliphatic heterocycles. The fourth-order valence-corrected chi connectivity index (χ4v) is 7.00. The standard InChI is InChI=1S/C40H37F3N8O5/c1-27(38(52)28-2-4-29(41)5-3-28)51-39(53)50(26-46-51)33-9-7-31(8-10-33)47-16-18-48(19-17-47)32-11-13-34(14-12-32)54-21-35-22-55-40(56-35,23-49-25-44-24-45-49)36-15-6-30(42)20-37(36)43/h2-15,20,24-27,35H,16-19,21-23H2,1H3/t27?,35-,40-/m1/s1. The lowest BCUT2D eigenvalue weighted by atomic mass is 10.0. The van der Waals surface area contributed by atoms with Crippen LogP contribution in [0.2, 0.25) is 0 Å². The second-order valence-electron chi connectivity index (χ2n) is 13.6. The lowest BCUT2D eigenvalue weighted by Gasteiger charge is -2.37. The van der Waals surface area contributed by atoms with Crippen LogP contribution < -0.4 is 20.2 Å². The monoisotopic (exact) mass is 766 g/mol. The molecule has 16 heteroatoms. The van der Waals surface area contributed by atoms with Crippen LogP contribution in [0.1, 0.15) is 28.9 Å². The van der Waals surface area contributed by atoms with E-state index in [1.807, 2.05) is 48.5 Å². The van der Waals surface area contributed by atoms with Gasteiger partial charge in [-0.15, -0.1) is 0 Å². The minimum atomic E-state index is -1.54. The Balaban J connectivity index is 0.840. The fourth-order valence-electron chi connectivity index (χ4n) is 7.00. The lowest BCUT2D eigenvalue weighted by Crippen LogP contribution is -2.46. The Hall–Kier alpha value is -6.26. The minimum Gasteiger partial charge on any atom is -0.491 e. The first-order chi connectivity index (χ1) is 27.2. The van der Waals surface area contributed by atoms with E-state index in [-0.39, 0.29) is 31.1 Å². The van der Waals surface area contributed by atoms with E-state index in [9.17, 15) is 22.8 Å². The first-order valence-electron chi connectivity index (χ1n) is 18.0. The van der Waals surface area contributed by atoms with Gasteiger partial charge in [-0.3, -0.25) is 4.79 Å². The SMILES string of the molecule is CC(C(=O)c1ccc(F)cc1)n1ncn(-c2ccc(N3CCN(c4ccc(OC[C@@H]5CO[C@@](Cn6cncn6)(c6ccc(F)cc6F)O5)cc4)CC3)cc2)c1=O. The highest BCUT2D eigenvalue weighted by Crippen LogP contribution is 2.38. The van der Waals surface area contributed by atoms with Gasteiger partial charge >= 0.3 is 5.69 Å². The van der Waals surface area contributed by atoms with E-state index in [1.165, 1.54) is 58.6 Å². The number of rotatable bonds is 12. The Bertz CT molecular complexity index is 2350. The summed E-state index contributed by atoms with van der Waals surface area (Å²) in [6, 6.07) is 23.0. The first-order valence-corrected chi connectivity index (χ1v) is 18.0. The van der Waals surface area contributed by atoms with Gasteiger partial charge in [0.25, 0.3) is 0 Å². The Morgan fingerprint density at radius 3 is 2.12 bits per heavy atom.